The second-order valence-corrected chi connectivity index (χ2v) is 7.88. The molecule has 1 unspecified atom stereocenters. The Balaban J connectivity index is 0.00000140. The van der Waals surface area contributed by atoms with Gasteiger partial charge in [-0.3, -0.25) is 9.69 Å². The average molecular weight is 434 g/mol. The SMILES string of the molecule is Cl.Cl.O=C1OC(CN2CCCN(c3ccc(F)cc3)CC2)CC12CCNCC2. The van der Waals surface area contributed by atoms with Crippen LogP contribution in [0.4, 0.5) is 10.1 Å². The molecule has 0 aromatic heterocycles. The summed E-state index contributed by atoms with van der Waals surface area (Å²) < 4.78 is 18.9. The molecule has 1 spiro atoms. The fourth-order valence-electron chi connectivity index (χ4n) is 4.60. The number of hydrogen-bond donors (Lipinski definition) is 1. The van der Waals surface area contributed by atoms with E-state index in [9.17, 15) is 9.18 Å². The van der Waals surface area contributed by atoms with Gasteiger partial charge in [-0.25, -0.2) is 4.39 Å². The highest BCUT2D eigenvalue weighted by Gasteiger charge is 2.49. The van der Waals surface area contributed by atoms with Crippen molar-refractivity contribution < 1.29 is 13.9 Å². The summed E-state index contributed by atoms with van der Waals surface area (Å²) in [7, 11) is 0. The summed E-state index contributed by atoms with van der Waals surface area (Å²) in [6.07, 6.45) is 3.76. The summed E-state index contributed by atoms with van der Waals surface area (Å²) in [5, 5.41) is 3.34. The second kappa shape index (κ2) is 10.1. The quantitative estimate of drug-likeness (QED) is 0.742. The molecule has 4 rings (SSSR count). The third kappa shape index (κ3) is 5.09. The van der Waals surface area contributed by atoms with E-state index in [1.807, 2.05) is 12.1 Å². The first-order chi connectivity index (χ1) is 12.6. The smallest absolute Gasteiger partial charge is 0.312 e. The Hall–Kier alpha value is -1.08. The topological polar surface area (TPSA) is 44.8 Å². The Morgan fingerprint density at radius 1 is 1.07 bits per heavy atom. The molecule has 3 fully saturated rings. The van der Waals surface area contributed by atoms with Gasteiger partial charge in [0.15, 0.2) is 0 Å². The number of cyclic esters (lactones) is 1. The molecule has 3 aliphatic rings. The minimum Gasteiger partial charge on any atom is -0.461 e. The number of nitrogens with zero attached hydrogens (tertiary/aromatic N) is 2. The van der Waals surface area contributed by atoms with Crippen LogP contribution in [-0.4, -0.2) is 62.8 Å². The van der Waals surface area contributed by atoms with Gasteiger partial charge in [0.25, 0.3) is 0 Å². The lowest BCUT2D eigenvalue weighted by molar-refractivity contribution is -0.150. The number of halogens is 3. The zero-order valence-corrected chi connectivity index (χ0v) is 17.7. The Morgan fingerprint density at radius 3 is 2.50 bits per heavy atom. The van der Waals surface area contributed by atoms with E-state index in [4.69, 9.17) is 4.74 Å². The van der Waals surface area contributed by atoms with E-state index < -0.39 is 0 Å². The molecule has 3 aliphatic heterocycles. The van der Waals surface area contributed by atoms with E-state index in [-0.39, 0.29) is 48.1 Å². The monoisotopic (exact) mass is 433 g/mol. The summed E-state index contributed by atoms with van der Waals surface area (Å²) in [4.78, 5) is 17.2. The van der Waals surface area contributed by atoms with Gasteiger partial charge in [0.2, 0.25) is 0 Å². The molecule has 0 aliphatic carbocycles. The number of anilines is 1. The highest BCUT2D eigenvalue weighted by molar-refractivity contribution is 5.85. The van der Waals surface area contributed by atoms with Gasteiger partial charge in [0, 0.05) is 44.8 Å². The van der Waals surface area contributed by atoms with Gasteiger partial charge in [-0.05, 0) is 56.6 Å². The highest BCUT2D eigenvalue weighted by atomic mass is 35.5. The first kappa shape index (κ1) is 23.2. The van der Waals surface area contributed by atoms with Crippen molar-refractivity contribution in [3.63, 3.8) is 0 Å². The first-order valence-electron chi connectivity index (χ1n) is 9.79. The number of esters is 1. The van der Waals surface area contributed by atoms with Gasteiger partial charge in [-0.2, -0.15) is 0 Å². The fourth-order valence-corrected chi connectivity index (χ4v) is 4.60. The molecular weight excluding hydrogens is 404 g/mol. The molecule has 1 aromatic carbocycles. The van der Waals surface area contributed by atoms with E-state index in [2.05, 4.69) is 15.1 Å². The lowest BCUT2D eigenvalue weighted by Crippen LogP contribution is -2.40. The molecule has 0 saturated carbocycles. The molecule has 1 aromatic rings. The van der Waals surface area contributed by atoms with E-state index in [1.165, 1.54) is 12.1 Å². The van der Waals surface area contributed by atoms with Crippen LogP contribution in [0.5, 0.6) is 0 Å². The molecule has 8 heteroatoms. The van der Waals surface area contributed by atoms with Crippen molar-refractivity contribution >= 4 is 36.5 Å². The molecule has 3 saturated heterocycles. The van der Waals surface area contributed by atoms with Gasteiger partial charge in [0.05, 0.1) is 5.41 Å². The minimum absolute atomic E-state index is 0. The van der Waals surface area contributed by atoms with E-state index in [0.717, 1.165) is 77.2 Å². The maximum atomic E-state index is 13.1. The molecule has 28 heavy (non-hydrogen) atoms. The lowest BCUT2D eigenvalue weighted by atomic mass is 9.76. The second-order valence-electron chi connectivity index (χ2n) is 7.88. The molecule has 0 bridgehead atoms. The maximum absolute atomic E-state index is 13.1. The molecule has 0 radical (unpaired) electrons. The zero-order valence-electron chi connectivity index (χ0n) is 16.1. The fraction of sp³-hybridized carbons (Fsp3) is 0.650. The summed E-state index contributed by atoms with van der Waals surface area (Å²) >= 11 is 0. The summed E-state index contributed by atoms with van der Waals surface area (Å²) in [6, 6.07) is 6.75. The van der Waals surface area contributed by atoms with E-state index in [1.54, 1.807) is 0 Å². The van der Waals surface area contributed by atoms with Crippen LogP contribution in [0.1, 0.15) is 25.7 Å². The molecule has 1 atom stereocenters. The van der Waals surface area contributed by atoms with Crippen LogP contribution in [0.3, 0.4) is 0 Å². The number of piperidine rings is 1. The summed E-state index contributed by atoms with van der Waals surface area (Å²) in [5.74, 6) is -0.174. The number of carbonyl (C=O) groups excluding carboxylic acids is 1. The van der Waals surface area contributed by atoms with Crippen LogP contribution in [0.25, 0.3) is 0 Å². The van der Waals surface area contributed by atoms with Crippen molar-refractivity contribution in [1.29, 1.82) is 0 Å². The summed E-state index contributed by atoms with van der Waals surface area (Å²) in [5.41, 5.74) is 0.844. The molecule has 3 heterocycles. The first-order valence-corrected chi connectivity index (χ1v) is 9.79. The van der Waals surface area contributed by atoms with Crippen molar-refractivity contribution in [1.82, 2.24) is 10.2 Å². The van der Waals surface area contributed by atoms with Gasteiger partial charge >= 0.3 is 5.97 Å². The molecule has 1 N–H and O–H groups in total. The Morgan fingerprint density at radius 2 is 1.79 bits per heavy atom. The molecular formula is C20H30Cl2FN3O2. The minimum atomic E-state index is -0.234. The number of ether oxygens (including phenoxy) is 1. The highest BCUT2D eigenvalue weighted by Crippen LogP contribution is 2.41. The third-order valence-electron chi connectivity index (χ3n) is 6.13. The predicted molar refractivity (Wildman–Crippen MR) is 113 cm³/mol. The van der Waals surface area contributed by atoms with E-state index >= 15 is 0 Å². The molecule has 0 amide bonds. The largest absolute Gasteiger partial charge is 0.461 e. The number of rotatable bonds is 3. The van der Waals surface area contributed by atoms with E-state index in [0.29, 0.717) is 0 Å². The van der Waals surface area contributed by atoms with Gasteiger partial charge in [-0.1, -0.05) is 0 Å². The van der Waals surface area contributed by atoms with Crippen LogP contribution in [0.15, 0.2) is 24.3 Å². The average Bonchev–Trinajstić information content (AvgIpc) is 2.81. The van der Waals surface area contributed by atoms with Gasteiger partial charge in [-0.15, -0.1) is 24.8 Å². The van der Waals surface area contributed by atoms with Crippen LogP contribution >= 0.6 is 24.8 Å². The standard InChI is InChI=1S/C20H28FN3O2.2ClH/c21-16-2-4-17(5-3-16)24-11-1-10-23(12-13-24)15-18-14-20(19(25)26-18)6-8-22-9-7-20;;/h2-5,18,22H,1,6-15H2;2*1H. The van der Waals surface area contributed by atoms with Crippen molar-refractivity contribution in [2.45, 2.75) is 31.8 Å². The number of hydrogen-bond acceptors (Lipinski definition) is 5. The Bertz CT molecular complexity index is 641. The lowest BCUT2D eigenvalue weighted by Gasteiger charge is -2.29. The van der Waals surface area contributed by atoms with Crippen molar-refractivity contribution in [2.75, 3.05) is 50.7 Å². The van der Waals surface area contributed by atoms with Crippen LogP contribution in [0, 0.1) is 11.2 Å². The summed E-state index contributed by atoms with van der Waals surface area (Å²) in [6.45, 7) is 6.51. The molecule has 5 nitrogen and oxygen atoms in total. The van der Waals surface area contributed by atoms with Crippen LogP contribution in [-0.2, 0) is 9.53 Å². The Kier molecular flexibility index (Phi) is 8.37. The van der Waals surface area contributed by atoms with Crippen molar-refractivity contribution in [3.05, 3.63) is 30.1 Å². The number of nitrogens with one attached hydrogen (secondary N) is 1. The van der Waals surface area contributed by atoms with Crippen LogP contribution in [0.2, 0.25) is 0 Å². The number of benzene rings is 1. The van der Waals surface area contributed by atoms with Crippen molar-refractivity contribution in [2.24, 2.45) is 5.41 Å². The normalized spacial score (nSPS) is 24.8. The zero-order chi connectivity index (χ0) is 18.0. The Labute approximate surface area is 178 Å². The molecule has 158 valence electrons. The van der Waals surface area contributed by atoms with Gasteiger partial charge < -0.3 is 15.0 Å². The van der Waals surface area contributed by atoms with Crippen molar-refractivity contribution in [3.8, 4) is 0 Å². The number of carbonyl (C=O) groups is 1. The third-order valence-corrected chi connectivity index (χ3v) is 6.13. The predicted octanol–water partition coefficient (Wildman–Crippen LogP) is 2.87. The maximum Gasteiger partial charge on any atom is 0.312 e. The van der Waals surface area contributed by atoms with Gasteiger partial charge in [0.1, 0.15) is 11.9 Å². The van der Waals surface area contributed by atoms with Crippen LogP contribution < -0.4 is 10.2 Å².